The topological polar surface area (TPSA) is 100 Å². The number of nitrogens with zero attached hydrogens (tertiary/aromatic N) is 2. The van der Waals surface area contributed by atoms with Crippen LogP contribution in [0.3, 0.4) is 0 Å². The molecule has 1 aliphatic carbocycles. The second-order valence-electron chi connectivity index (χ2n) is 9.21. The SMILES string of the molecule is CC(=O)NC(Cc1cc(F)cc(F)c1)C(O)CNC1(c2cccc(-c3ncno3)c2)CCCCC1. The summed E-state index contributed by atoms with van der Waals surface area (Å²) in [6.07, 6.45) is 5.44. The fraction of sp³-hybridized carbons (Fsp3) is 0.423. The molecule has 0 radical (unpaired) electrons. The van der Waals surface area contributed by atoms with E-state index in [0.717, 1.165) is 49.3 Å². The van der Waals surface area contributed by atoms with Crippen LogP contribution in [0.1, 0.15) is 50.2 Å². The Labute approximate surface area is 202 Å². The molecule has 0 bridgehead atoms. The quantitative estimate of drug-likeness (QED) is 0.426. The van der Waals surface area contributed by atoms with Crippen LogP contribution >= 0.6 is 0 Å². The minimum Gasteiger partial charge on any atom is -0.390 e. The van der Waals surface area contributed by atoms with Gasteiger partial charge < -0.3 is 20.3 Å². The van der Waals surface area contributed by atoms with Gasteiger partial charge in [0.05, 0.1) is 12.1 Å². The lowest BCUT2D eigenvalue weighted by atomic mass is 9.76. The first-order valence-electron chi connectivity index (χ1n) is 11.9. The molecule has 1 heterocycles. The van der Waals surface area contributed by atoms with Gasteiger partial charge in [-0.15, -0.1) is 0 Å². The van der Waals surface area contributed by atoms with Crippen LogP contribution in [0, 0.1) is 11.6 Å². The fourth-order valence-corrected chi connectivity index (χ4v) is 4.94. The number of rotatable bonds is 9. The van der Waals surface area contributed by atoms with Gasteiger partial charge in [-0.1, -0.05) is 36.6 Å². The zero-order valence-corrected chi connectivity index (χ0v) is 19.6. The lowest BCUT2D eigenvalue weighted by Crippen LogP contribution is -2.53. The Kier molecular flexibility index (Phi) is 7.87. The van der Waals surface area contributed by atoms with Gasteiger partial charge in [0.25, 0.3) is 5.89 Å². The van der Waals surface area contributed by atoms with Crippen LogP contribution < -0.4 is 10.6 Å². The number of nitrogens with one attached hydrogen (secondary N) is 2. The molecule has 0 aliphatic heterocycles. The van der Waals surface area contributed by atoms with E-state index in [2.05, 4.69) is 20.8 Å². The average molecular weight is 485 g/mol. The number of carbonyl (C=O) groups excluding carboxylic acids is 1. The highest BCUT2D eigenvalue weighted by molar-refractivity contribution is 5.73. The summed E-state index contributed by atoms with van der Waals surface area (Å²) in [5, 5.41) is 21.0. The summed E-state index contributed by atoms with van der Waals surface area (Å²) in [5.74, 6) is -1.29. The van der Waals surface area contributed by atoms with Crippen LogP contribution in [0.4, 0.5) is 8.78 Å². The van der Waals surface area contributed by atoms with E-state index in [1.165, 1.54) is 25.4 Å². The van der Waals surface area contributed by atoms with Crippen LogP contribution in [0.5, 0.6) is 0 Å². The van der Waals surface area contributed by atoms with Gasteiger partial charge in [-0.05, 0) is 54.7 Å². The molecule has 1 fully saturated rings. The number of aromatic nitrogens is 2. The zero-order chi connectivity index (χ0) is 24.8. The van der Waals surface area contributed by atoms with Gasteiger partial charge in [0, 0.05) is 30.6 Å². The van der Waals surface area contributed by atoms with Crippen LogP contribution in [0.15, 0.2) is 53.3 Å². The molecule has 1 aliphatic rings. The highest BCUT2D eigenvalue weighted by Gasteiger charge is 2.35. The monoisotopic (exact) mass is 484 g/mol. The molecule has 0 saturated heterocycles. The number of amides is 1. The summed E-state index contributed by atoms with van der Waals surface area (Å²) >= 11 is 0. The van der Waals surface area contributed by atoms with Gasteiger partial charge in [0.1, 0.15) is 11.6 Å². The van der Waals surface area contributed by atoms with Crippen LogP contribution in [-0.4, -0.2) is 39.8 Å². The zero-order valence-electron chi connectivity index (χ0n) is 19.6. The van der Waals surface area contributed by atoms with Crippen LogP contribution in [0.25, 0.3) is 11.5 Å². The van der Waals surface area contributed by atoms with Crippen molar-refractivity contribution in [3.63, 3.8) is 0 Å². The lowest BCUT2D eigenvalue weighted by molar-refractivity contribution is -0.120. The van der Waals surface area contributed by atoms with Crippen molar-refractivity contribution in [1.82, 2.24) is 20.8 Å². The van der Waals surface area contributed by atoms with E-state index in [4.69, 9.17) is 4.52 Å². The molecule has 4 rings (SSSR count). The summed E-state index contributed by atoms with van der Waals surface area (Å²) in [7, 11) is 0. The molecule has 186 valence electrons. The molecule has 35 heavy (non-hydrogen) atoms. The van der Waals surface area contributed by atoms with Gasteiger partial charge in [0.2, 0.25) is 5.91 Å². The molecule has 2 atom stereocenters. The third-order valence-electron chi connectivity index (χ3n) is 6.61. The fourth-order valence-electron chi connectivity index (χ4n) is 4.94. The van der Waals surface area contributed by atoms with Crippen molar-refractivity contribution < 1.29 is 23.2 Å². The van der Waals surface area contributed by atoms with E-state index in [1.54, 1.807) is 0 Å². The van der Waals surface area contributed by atoms with E-state index in [0.29, 0.717) is 11.5 Å². The highest BCUT2D eigenvalue weighted by Crippen LogP contribution is 2.38. The van der Waals surface area contributed by atoms with Crippen molar-refractivity contribution in [1.29, 1.82) is 0 Å². The molecule has 2 unspecified atom stereocenters. The van der Waals surface area contributed by atoms with Gasteiger partial charge in [0.15, 0.2) is 6.33 Å². The molecule has 0 spiro atoms. The number of hydrogen-bond acceptors (Lipinski definition) is 6. The summed E-state index contributed by atoms with van der Waals surface area (Å²) in [6, 6.07) is 10.4. The Balaban J connectivity index is 1.53. The first-order valence-corrected chi connectivity index (χ1v) is 11.9. The molecule has 3 N–H and O–H groups in total. The second-order valence-corrected chi connectivity index (χ2v) is 9.21. The van der Waals surface area contributed by atoms with Gasteiger partial charge >= 0.3 is 0 Å². The van der Waals surface area contributed by atoms with Crippen molar-refractivity contribution in [2.24, 2.45) is 0 Å². The Morgan fingerprint density at radius 2 is 1.89 bits per heavy atom. The van der Waals surface area contributed by atoms with Gasteiger partial charge in [-0.25, -0.2) is 8.78 Å². The third-order valence-corrected chi connectivity index (χ3v) is 6.61. The maximum atomic E-state index is 13.7. The summed E-state index contributed by atoms with van der Waals surface area (Å²) in [4.78, 5) is 16.0. The third kappa shape index (κ3) is 6.29. The molecule has 9 heteroatoms. The van der Waals surface area contributed by atoms with Crippen molar-refractivity contribution in [3.8, 4) is 11.5 Å². The molecule has 1 amide bonds. The number of aliphatic hydroxyl groups excluding tert-OH is 1. The molecule has 2 aromatic carbocycles. The second kappa shape index (κ2) is 11.0. The normalized spacial score (nSPS) is 17.0. The van der Waals surface area contributed by atoms with Crippen molar-refractivity contribution in [2.45, 2.75) is 63.1 Å². The molecular formula is C26H30F2N4O3. The highest BCUT2D eigenvalue weighted by atomic mass is 19.1. The summed E-state index contributed by atoms with van der Waals surface area (Å²) < 4.78 is 32.6. The maximum absolute atomic E-state index is 13.7. The lowest BCUT2D eigenvalue weighted by Gasteiger charge is -2.40. The Morgan fingerprint density at radius 1 is 1.14 bits per heavy atom. The molecule has 1 saturated carbocycles. The van der Waals surface area contributed by atoms with Crippen molar-refractivity contribution >= 4 is 5.91 Å². The van der Waals surface area contributed by atoms with Crippen molar-refractivity contribution in [3.05, 3.63) is 71.6 Å². The van der Waals surface area contributed by atoms with Gasteiger partial charge in [-0.3, -0.25) is 4.79 Å². The Bertz CT molecular complexity index is 1110. The minimum absolute atomic E-state index is 0.0940. The summed E-state index contributed by atoms with van der Waals surface area (Å²) in [6.45, 7) is 1.54. The molecule has 7 nitrogen and oxygen atoms in total. The number of hydrogen-bond donors (Lipinski definition) is 3. The van der Waals surface area contributed by atoms with E-state index in [1.807, 2.05) is 24.3 Å². The maximum Gasteiger partial charge on any atom is 0.257 e. The van der Waals surface area contributed by atoms with E-state index < -0.39 is 23.8 Å². The minimum atomic E-state index is -0.983. The number of halogens is 2. The molecule has 1 aromatic heterocycles. The standard InChI is InChI=1S/C26H30F2N4O3/c1-17(33)32-23(12-18-10-21(27)14-22(28)11-18)24(34)15-30-26(8-3-2-4-9-26)20-7-5-6-19(13-20)25-29-16-31-35-25/h5-7,10-11,13-14,16,23-24,30,34H,2-4,8-9,12,15H2,1H3,(H,32,33). The van der Waals surface area contributed by atoms with E-state index in [9.17, 15) is 18.7 Å². The predicted octanol–water partition coefficient (Wildman–Crippen LogP) is 3.87. The van der Waals surface area contributed by atoms with E-state index >= 15 is 0 Å². The first kappa shape index (κ1) is 24.9. The number of carbonyl (C=O) groups is 1. The van der Waals surface area contributed by atoms with Gasteiger partial charge in [-0.2, -0.15) is 4.98 Å². The predicted molar refractivity (Wildman–Crippen MR) is 126 cm³/mol. The van der Waals surface area contributed by atoms with Crippen LogP contribution in [0.2, 0.25) is 0 Å². The molecule has 3 aromatic rings. The first-order chi connectivity index (χ1) is 16.8. The summed E-state index contributed by atoms with van der Waals surface area (Å²) in [5.41, 5.74) is 1.86. The number of benzene rings is 2. The van der Waals surface area contributed by atoms with Crippen molar-refractivity contribution in [2.75, 3.05) is 6.54 Å². The Morgan fingerprint density at radius 3 is 2.54 bits per heavy atom. The largest absolute Gasteiger partial charge is 0.390 e. The number of aliphatic hydroxyl groups is 1. The average Bonchev–Trinajstić information content (AvgIpc) is 3.37. The molecular weight excluding hydrogens is 454 g/mol. The Hall–Kier alpha value is -3.17. The van der Waals surface area contributed by atoms with E-state index in [-0.39, 0.29) is 24.4 Å². The smallest absolute Gasteiger partial charge is 0.257 e. The van der Waals surface area contributed by atoms with Crippen LogP contribution in [-0.2, 0) is 16.8 Å².